The van der Waals surface area contributed by atoms with Crippen LogP contribution in [-0.2, 0) is 24.5 Å². The third kappa shape index (κ3) is 3.41. The lowest BCUT2D eigenvalue weighted by Gasteiger charge is -2.05. The fourth-order valence-corrected chi connectivity index (χ4v) is 1.58. The Balaban J connectivity index is 1.92. The molecule has 0 bridgehead atoms. The van der Waals surface area contributed by atoms with Crippen molar-refractivity contribution in [1.82, 2.24) is 0 Å². The molecule has 2 rings (SSSR count). The highest BCUT2D eigenvalue weighted by molar-refractivity contribution is 5.24. The molecule has 1 heterocycles. The number of nitrogens with two attached hydrogens (primary N) is 1. The summed E-state index contributed by atoms with van der Waals surface area (Å²) in [5.74, 6) is 0.463. The monoisotopic (exact) mass is 235 g/mol. The van der Waals surface area contributed by atoms with Crippen LogP contribution in [0.15, 0.2) is 41.0 Å². The molecular weight excluding hydrogens is 221 g/mol. The third-order valence-corrected chi connectivity index (χ3v) is 2.35. The number of rotatable bonds is 5. The summed E-state index contributed by atoms with van der Waals surface area (Å²) >= 11 is 0. The van der Waals surface area contributed by atoms with Crippen LogP contribution < -0.4 is 5.73 Å². The average molecular weight is 235 g/mol. The summed E-state index contributed by atoms with van der Waals surface area (Å²) in [7, 11) is 0. The topological polar surface area (TPSA) is 48.4 Å². The number of halogens is 1. The maximum Gasteiger partial charge on any atom is 0.129 e. The summed E-state index contributed by atoms with van der Waals surface area (Å²) in [5, 5.41) is 0. The Kier molecular flexibility index (Phi) is 3.90. The van der Waals surface area contributed by atoms with E-state index >= 15 is 0 Å². The lowest BCUT2D eigenvalue weighted by atomic mass is 10.1. The van der Waals surface area contributed by atoms with E-state index in [-0.39, 0.29) is 5.82 Å². The molecule has 4 heteroatoms. The molecule has 0 unspecified atom stereocenters. The zero-order valence-electron chi connectivity index (χ0n) is 9.36. The van der Waals surface area contributed by atoms with E-state index in [1.54, 1.807) is 12.3 Å². The number of hydrogen-bond donors (Lipinski definition) is 1. The van der Waals surface area contributed by atoms with Crippen molar-refractivity contribution >= 4 is 0 Å². The normalized spacial score (nSPS) is 10.7. The van der Waals surface area contributed by atoms with Crippen molar-refractivity contribution in [2.75, 3.05) is 0 Å². The van der Waals surface area contributed by atoms with Gasteiger partial charge in [0, 0.05) is 6.54 Å². The van der Waals surface area contributed by atoms with Crippen molar-refractivity contribution in [2.24, 2.45) is 5.73 Å². The molecule has 0 fully saturated rings. The largest absolute Gasteiger partial charge is 0.467 e. The maximum atomic E-state index is 13.2. The number of benzene rings is 1. The van der Waals surface area contributed by atoms with E-state index in [4.69, 9.17) is 14.9 Å². The molecule has 1 aromatic heterocycles. The van der Waals surface area contributed by atoms with Gasteiger partial charge in [-0.1, -0.05) is 6.07 Å². The molecule has 0 aliphatic heterocycles. The van der Waals surface area contributed by atoms with Gasteiger partial charge in [-0.25, -0.2) is 4.39 Å². The third-order valence-electron chi connectivity index (χ3n) is 2.35. The fourth-order valence-electron chi connectivity index (χ4n) is 1.58. The molecule has 90 valence electrons. The molecule has 0 aliphatic rings. The quantitative estimate of drug-likeness (QED) is 0.866. The lowest BCUT2D eigenvalue weighted by Crippen LogP contribution is -2.00. The zero-order chi connectivity index (χ0) is 12.1. The van der Waals surface area contributed by atoms with Gasteiger partial charge < -0.3 is 14.9 Å². The Bertz CT molecular complexity index is 468. The van der Waals surface area contributed by atoms with Gasteiger partial charge in [-0.15, -0.1) is 0 Å². The Morgan fingerprint density at radius 3 is 2.71 bits per heavy atom. The van der Waals surface area contributed by atoms with Crippen LogP contribution in [-0.4, -0.2) is 0 Å². The highest BCUT2D eigenvalue weighted by Crippen LogP contribution is 2.11. The van der Waals surface area contributed by atoms with E-state index in [0.717, 1.165) is 16.9 Å². The van der Waals surface area contributed by atoms with Gasteiger partial charge in [0.2, 0.25) is 0 Å². The van der Waals surface area contributed by atoms with Crippen molar-refractivity contribution in [3.8, 4) is 0 Å². The molecule has 3 nitrogen and oxygen atoms in total. The molecular formula is C13H14FNO2. The first-order chi connectivity index (χ1) is 8.28. The minimum Gasteiger partial charge on any atom is -0.467 e. The van der Waals surface area contributed by atoms with E-state index in [1.807, 2.05) is 12.1 Å². The number of furan rings is 1. The van der Waals surface area contributed by atoms with Crippen LogP contribution in [0.4, 0.5) is 4.39 Å². The van der Waals surface area contributed by atoms with E-state index in [1.165, 1.54) is 12.1 Å². The molecule has 0 saturated heterocycles. The van der Waals surface area contributed by atoms with E-state index in [0.29, 0.717) is 19.8 Å². The first-order valence-corrected chi connectivity index (χ1v) is 5.36. The summed E-state index contributed by atoms with van der Waals surface area (Å²) < 4.78 is 23.7. The van der Waals surface area contributed by atoms with E-state index in [2.05, 4.69) is 0 Å². The molecule has 0 aliphatic carbocycles. The SMILES string of the molecule is NCc1cc(F)cc(COCc2ccco2)c1. The minimum atomic E-state index is -0.287. The molecule has 2 N–H and O–H groups in total. The molecule has 17 heavy (non-hydrogen) atoms. The zero-order valence-corrected chi connectivity index (χ0v) is 9.36. The molecule has 0 spiro atoms. The van der Waals surface area contributed by atoms with Crippen LogP contribution in [0.25, 0.3) is 0 Å². The van der Waals surface area contributed by atoms with Crippen molar-refractivity contribution in [2.45, 2.75) is 19.8 Å². The second-order valence-electron chi connectivity index (χ2n) is 3.74. The highest BCUT2D eigenvalue weighted by Gasteiger charge is 2.01. The van der Waals surface area contributed by atoms with Gasteiger partial charge in [-0.3, -0.25) is 0 Å². The van der Waals surface area contributed by atoms with Crippen LogP contribution >= 0.6 is 0 Å². The van der Waals surface area contributed by atoms with Gasteiger partial charge in [-0.05, 0) is 35.4 Å². The van der Waals surface area contributed by atoms with Crippen LogP contribution in [0.1, 0.15) is 16.9 Å². The Labute approximate surface area is 99.0 Å². The number of hydrogen-bond acceptors (Lipinski definition) is 3. The van der Waals surface area contributed by atoms with Crippen LogP contribution in [0, 0.1) is 5.82 Å². The Morgan fingerprint density at radius 2 is 2.00 bits per heavy atom. The molecule has 0 radical (unpaired) electrons. The predicted octanol–water partition coefficient (Wildman–Crippen LogP) is 2.59. The smallest absolute Gasteiger partial charge is 0.129 e. The number of ether oxygens (including phenoxy) is 1. The first-order valence-electron chi connectivity index (χ1n) is 5.36. The minimum absolute atomic E-state index is 0.287. The standard InChI is InChI=1S/C13H14FNO2/c14-12-5-10(7-15)4-11(6-12)8-16-9-13-2-1-3-17-13/h1-6H,7-9,15H2. The molecule has 1 aromatic carbocycles. The Hall–Kier alpha value is -1.65. The van der Waals surface area contributed by atoms with Crippen molar-refractivity contribution < 1.29 is 13.5 Å². The van der Waals surface area contributed by atoms with Crippen LogP contribution in [0.2, 0.25) is 0 Å². The van der Waals surface area contributed by atoms with Gasteiger partial charge in [-0.2, -0.15) is 0 Å². The summed E-state index contributed by atoms with van der Waals surface area (Å²) in [6.07, 6.45) is 1.59. The van der Waals surface area contributed by atoms with E-state index < -0.39 is 0 Å². The van der Waals surface area contributed by atoms with Crippen molar-refractivity contribution in [3.63, 3.8) is 0 Å². The molecule has 0 amide bonds. The first kappa shape index (κ1) is 11.8. The second-order valence-corrected chi connectivity index (χ2v) is 3.74. The van der Waals surface area contributed by atoms with Crippen LogP contribution in [0.3, 0.4) is 0 Å². The van der Waals surface area contributed by atoms with Gasteiger partial charge in [0.25, 0.3) is 0 Å². The van der Waals surface area contributed by atoms with E-state index in [9.17, 15) is 4.39 Å². The lowest BCUT2D eigenvalue weighted by molar-refractivity contribution is 0.0927. The van der Waals surface area contributed by atoms with Gasteiger partial charge in [0.05, 0.1) is 12.9 Å². The Morgan fingerprint density at radius 1 is 1.18 bits per heavy atom. The van der Waals surface area contributed by atoms with Gasteiger partial charge >= 0.3 is 0 Å². The summed E-state index contributed by atoms with van der Waals surface area (Å²) in [4.78, 5) is 0. The van der Waals surface area contributed by atoms with Crippen molar-refractivity contribution in [1.29, 1.82) is 0 Å². The molecule has 2 aromatic rings. The summed E-state index contributed by atoms with van der Waals surface area (Å²) in [5.41, 5.74) is 7.01. The maximum absolute atomic E-state index is 13.2. The predicted molar refractivity (Wildman–Crippen MR) is 61.5 cm³/mol. The van der Waals surface area contributed by atoms with Gasteiger partial charge in [0.1, 0.15) is 18.2 Å². The average Bonchev–Trinajstić information content (AvgIpc) is 2.81. The molecule has 0 atom stereocenters. The molecule has 0 saturated carbocycles. The summed E-state index contributed by atoms with van der Waals surface area (Å²) in [6, 6.07) is 8.34. The summed E-state index contributed by atoms with van der Waals surface area (Å²) in [6.45, 7) is 1.04. The van der Waals surface area contributed by atoms with Crippen molar-refractivity contribution in [3.05, 3.63) is 59.3 Å². The van der Waals surface area contributed by atoms with Gasteiger partial charge in [0.15, 0.2) is 0 Å². The fraction of sp³-hybridized carbons (Fsp3) is 0.231. The van der Waals surface area contributed by atoms with Crippen LogP contribution in [0.5, 0.6) is 0 Å². The highest BCUT2D eigenvalue weighted by atomic mass is 19.1. The second kappa shape index (κ2) is 5.61.